The van der Waals surface area contributed by atoms with Crippen molar-refractivity contribution in [3.8, 4) is 11.3 Å². The van der Waals surface area contributed by atoms with Crippen LogP contribution in [0, 0.1) is 23.4 Å². The van der Waals surface area contributed by atoms with Gasteiger partial charge in [0.2, 0.25) is 0 Å². The number of halogens is 3. The maximum atomic E-state index is 13.6. The lowest BCUT2D eigenvalue weighted by Gasteiger charge is -2.32. The maximum Gasteiger partial charge on any atom is 0.309 e. The first-order chi connectivity index (χ1) is 17.6. The topological polar surface area (TPSA) is 138 Å². The summed E-state index contributed by atoms with van der Waals surface area (Å²) in [5.41, 5.74) is 0.764. The SMILES string of the molecule is CC(O)C(CO)OC(C(O)Cn1cc(-c2cc(F)c(F)c(F)c2)nn1)C(CCc1ccccc1)C(=O)O. The minimum atomic E-state index is -1.63. The van der Waals surface area contributed by atoms with E-state index < -0.39 is 60.4 Å². The highest BCUT2D eigenvalue weighted by Gasteiger charge is 2.37. The number of carboxylic acid groups (broad SMARTS) is 1. The Labute approximate surface area is 210 Å². The van der Waals surface area contributed by atoms with Crippen LogP contribution in [0.25, 0.3) is 11.3 Å². The first kappa shape index (κ1) is 28.3. The second-order valence-corrected chi connectivity index (χ2v) is 8.68. The van der Waals surface area contributed by atoms with E-state index in [2.05, 4.69) is 10.3 Å². The van der Waals surface area contributed by atoms with Crippen molar-refractivity contribution in [2.45, 2.75) is 50.7 Å². The number of carbonyl (C=O) groups is 1. The number of aliphatic hydroxyl groups excluding tert-OH is 3. The zero-order valence-corrected chi connectivity index (χ0v) is 19.9. The van der Waals surface area contributed by atoms with E-state index in [9.17, 15) is 38.4 Å². The highest BCUT2D eigenvalue weighted by Crippen LogP contribution is 2.25. The Hall–Kier alpha value is -3.32. The predicted octanol–water partition coefficient (Wildman–Crippen LogP) is 2.18. The standard InChI is InChI=1S/C25H28F3N3O6/c1-14(33)22(13-32)37-24(17(25(35)36)8-7-15-5-3-2-4-6-15)21(34)12-31-11-20(29-30-31)16-9-18(26)23(28)19(27)10-16/h2-6,9-11,14,17,21-22,24,32-34H,7-8,12-13H2,1H3,(H,35,36). The molecule has 0 spiro atoms. The van der Waals surface area contributed by atoms with Crippen molar-refractivity contribution in [3.63, 3.8) is 0 Å². The summed E-state index contributed by atoms with van der Waals surface area (Å²) in [4.78, 5) is 12.2. The molecule has 0 fully saturated rings. The predicted molar refractivity (Wildman–Crippen MR) is 125 cm³/mol. The second kappa shape index (κ2) is 12.8. The molecule has 37 heavy (non-hydrogen) atoms. The fourth-order valence-electron chi connectivity index (χ4n) is 3.88. The number of hydrogen-bond donors (Lipinski definition) is 4. The molecule has 5 atom stereocenters. The quantitative estimate of drug-likeness (QED) is 0.250. The first-order valence-electron chi connectivity index (χ1n) is 11.5. The summed E-state index contributed by atoms with van der Waals surface area (Å²) >= 11 is 0. The van der Waals surface area contributed by atoms with Crippen molar-refractivity contribution in [2.75, 3.05) is 6.61 Å². The molecular weight excluding hydrogens is 495 g/mol. The molecule has 0 saturated heterocycles. The van der Waals surface area contributed by atoms with Gasteiger partial charge in [-0.05, 0) is 37.5 Å². The summed E-state index contributed by atoms with van der Waals surface area (Å²) in [5, 5.41) is 48.0. The third-order valence-electron chi connectivity index (χ3n) is 5.92. The number of aliphatic hydroxyl groups is 3. The van der Waals surface area contributed by atoms with Crippen LogP contribution in [-0.4, -0.2) is 72.4 Å². The van der Waals surface area contributed by atoms with Crippen molar-refractivity contribution in [2.24, 2.45) is 5.92 Å². The normalized spacial score (nSPS) is 15.6. The minimum Gasteiger partial charge on any atom is -0.481 e. The molecule has 0 saturated carbocycles. The molecule has 3 aromatic rings. The van der Waals surface area contributed by atoms with E-state index in [4.69, 9.17) is 4.74 Å². The van der Waals surface area contributed by atoms with Crippen LogP contribution in [0.4, 0.5) is 13.2 Å². The molecule has 9 nitrogen and oxygen atoms in total. The van der Waals surface area contributed by atoms with Gasteiger partial charge in [-0.3, -0.25) is 4.79 Å². The first-order valence-corrected chi connectivity index (χ1v) is 11.5. The van der Waals surface area contributed by atoms with Crippen LogP contribution in [0.5, 0.6) is 0 Å². The molecule has 2 aromatic carbocycles. The van der Waals surface area contributed by atoms with Crippen LogP contribution in [0.2, 0.25) is 0 Å². The van der Waals surface area contributed by atoms with E-state index in [1.165, 1.54) is 13.1 Å². The fraction of sp³-hybridized carbons (Fsp3) is 0.400. The Morgan fingerprint density at radius 2 is 1.76 bits per heavy atom. The largest absolute Gasteiger partial charge is 0.481 e. The number of aliphatic carboxylic acids is 1. The van der Waals surface area contributed by atoms with Crippen LogP contribution >= 0.6 is 0 Å². The molecule has 1 heterocycles. The molecule has 12 heteroatoms. The van der Waals surface area contributed by atoms with E-state index >= 15 is 0 Å². The van der Waals surface area contributed by atoms with Gasteiger partial charge < -0.3 is 25.2 Å². The van der Waals surface area contributed by atoms with E-state index in [0.29, 0.717) is 6.42 Å². The van der Waals surface area contributed by atoms with Gasteiger partial charge in [-0.25, -0.2) is 17.9 Å². The van der Waals surface area contributed by atoms with Gasteiger partial charge in [0.1, 0.15) is 17.9 Å². The molecule has 0 aliphatic rings. The van der Waals surface area contributed by atoms with Crippen LogP contribution in [0.15, 0.2) is 48.7 Å². The van der Waals surface area contributed by atoms with Crippen LogP contribution in [0.1, 0.15) is 18.9 Å². The van der Waals surface area contributed by atoms with E-state index in [1.807, 2.05) is 30.3 Å². The summed E-state index contributed by atoms with van der Waals surface area (Å²) in [5.74, 6) is -6.92. The number of aryl methyl sites for hydroxylation is 1. The molecule has 0 aliphatic carbocycles. The molecule has 200 valence electrons. The molecule has 0 amide bonds. The van der Waals surface area contributed by atoms with Gasteiger partial charge in [0.25, 0.3) is 0 Å². The molecular formula is C25H28F3N3O6. The summed E-state index contributed by atoms with van der Waals surface area (Å²) in [7, 11) is 0. The van der Waals surface area contributed by atoms with Crippen molar-refractivity contribution in [1.29, 1.82) is 0 Å². The lowest BCUT2D eigenvalue weighted by atomic mass is 9.90. The monoisotopic (exact) mass is 523 g/mol. The Balaban J connectivity index is 1.83. The van der Waals surface area contributed by atoms with Crippen molar-refractivity contribution >= 4 is 5.97 Å². The fourth-order valence-corrected chi connectivity index (χ4v) is 3.88. The van der Waals surface area contributed by atoms with E-state index in [-0.39, 0.29) is 24.2 Å². The Bertz CT molecular complexity index is 1150. The third-order valence-corrected chi connectivity index (χ3v) is 5.92. The number of hydrogen-bond acceptors (Lipinski definition) is 7. The van der Waals surface area contributed by atoms with Gasteiger partial charge >= 0.3 is 5.97 Å². The zero-order chi connectivity index (χ0) is 27.1. The highest BCUT2D eigenvalue weighted by atomic mass is 19.2. The molecule has 0 aliphatic heterocycles. The second-order valence-electron chi connectivity index (χ2n) is 8.68. The van der Waals surface area contributed by atoms with Gasteiger partial charge in [-0.15, -0.1) is 5.10 Å². The number of benzene rings is 2. The van der Waals surface area contributed by atoms with Crippen molar-refractivity contribution in [3.05, 3.63) is 71.7 Å². The molecule has 0 bridgehead atoms. The van der Waals surface area contributed by atoms with Crippen LogP contribution in [0.3, 0.4) is 0 Å². The number of rotatable bonds is 13. The average Bonchev–Trinajstić information content (AvgIpc) is 3.32. The highest BCUT2D eigenvalue weighted by molar-refractivity contribution is 5.71. The van der Waals surface area contributed by atoms with Gasteiger partial charge in [-0.1, -0.05) is 35.5 Å². The molecule has 5 unspecified atom stereocenters. The van der Waals surface area contributed by atoms with Gasteiger partial charge in [0, 0.05) is 5.56 Å². The maximum absolute atomic E-state index is 13.6. The summed E-state index contributed by atoms with van der Waals surface area (Å²) < 4.78 is 47.3. The third kappa shape index (κ3) is 7.35. The molecule has 3 rings (SSSR count). The van der Waals surface area contributed by atoms with Crippen molar-refractivity contribution in [1.82, 2.24) is 15.0 Å². The van der Waals surface area contributed by atoms with Crippen LogP contribution < -0.4 is 0 Å². The smallest absolute Gasteiger partial charge is 0.309 e. The zero-order valence-electron chi connectivity index (χ0n) is 19.9. The summed E-state index contributed by atoms with van der Waals surface area (Å²) in [6, 6.07) is 10.6. The number of aromatic nitrogens is 3. The summed E-state index contributed by atoms with van der Waals surface area (Å²) in [6.07, 6.45) is -3.53. The van der Waals surface area contributed by atoms with Crippen molar-refractivity contribution < 1.29 is 43.1 Å². The van der Waals surface area contributed by atoms with E-state index in [0.717, 1.165) is 22.4 Å². The van der Waals surface area contributed by atoms with Crippen LogP contribution in [-0.2, 0) is 22.5 Å². The van der Waals surface area contributed by atoms with Gasteiger partial charge in [0.05, 0.1) is 37.5 Å². The molecule has 1 aromatic heterocycles. The number of nitrogens with zero attached hydrogens (tertiary/aromatic N) is 3. The minimum absolute atomic E-state index is 0.0152. The Morgan fingerprint density at radius 1 is 1.11 bits per heavy atom. The molecule has 4 N–H and O–H groups in total. The van der Waals surface area contributed by atoms with E-state index in [1.54, 1.807) is 0 Å². The Kier molecular flexibility index (Phi) is 9.75. The lowest BCUT2D eigenvalue weighted by Crippen LogP contribution is -2.47. The average molecular weight is 524 g/mol. The Morgan fingerprint density at radius 3 is 2.32 bits per heavy atom. The number of ether oxygens (including phenoxy) is 1. The summed E-state index contributed by atoms with van der Waals surface area (Å²) in [6.45, 7) is 0.396. The lowest BCUT2D eigenvalue weighted by molar-refractivity contribution is -0.171. The van der Waals surface area contributed by atoms with Gasteiger partial charge in [0.15, 0.2) is 17.5 Å². The van der Waals surface area contributed by atoms with Gasteiger partial charge in [-0.2, -0.15) is 0 Å². The number of carboxylic acids is 1. The molecule has 0 radical (unpaired) electrons.